The van der Waals surface area contributed by atoms with Gasteiger partial charge in [0.2, 0.25) is 5.95 Å². The molecule has 1 aliphatic heterocycles. The fraction of sp³-hybridized carbons (Fsp3) is 0.406. The zero-order chi connectivity index (χ0) is 29.5. The second-order valence-electron chi connectivity index (χ2n) is 10.9. The molecule has 10 heteroatoms. The maximum absolute atomic E-state index is 13.9. The van der Waals surface area contributed by atoms with Gasteiger partial charge in [0, 0.05) is 64.1 Å². The van der Waals surface area contributed by atoms with Crippen molar-refractivity contribution in [3.05, 3.63) is 78.0 Å². The Hall–Kier alpha value is -3.86. The minimum Gasteiger partial charge on any atom is -0.497 e. The van der Waals surface area contributed by atoms with E-state index in [1.165, 1.54) is 17.7 Å². The number of fused-ring (bicyclic) bond motifs is 1. The summed E-state index contributed by atoms with van der Waals surface area (Å²) in [6.07, 6.45) is 3.61. The van der Waals surface area contributed by atoms with Gasteiger partial charge >= 0.3 is 0 Å². The molecule has 2 aromatic carbocycles. The molecule has 5 rings (SSSR count). The van der Waals surface area contributed by atoms with Gasteiger partial charge in [0.15, 0.2) is 0 Å². The van der Waals surface area contributed by atoms with Crippen molar-refractivity contribution in [2.75, 3.05) is 66.4 Å². The number of likely N-dealkylation sites (N-methyl/N-ethyl adjacent to an activating group) is 1. The second kappa shape index (κ2) is 13.9. The largest absolute Gasteiger partial charge is 0.497 e. The van der Waals surface area contributed by atoms with Crippen molar-refractivity contribution in [1.82, 2.24) is 29.3 Å². The van der Waals surface area contributed by atoms with Gasteiger partial charge in [-0.1, -0.05) is 12.1 Å². The van der Waals surface area contributed by atoms with Crippen molar-refractivity contribution < 1.29 is 13.9 Å². The Morgan fingerprint density at radius 2 is 1.88 bits per heavy atom. The van der Waals surface area contributed by atoms with E-state index in [0.29, 0.717) is 12.6 Å². The van der Waals surface area contributed by atoms with Crippen LogP contribution in [0.1, 0.15) is 23.9 Å². The van der Waals surface area contributed by atoms with Crippen LogP contribution in [0.15, 0.2) is 60.8 Å². The van der Waals surface area contributed by atoms with E-state index in [9.17, 15) is 4.39 Å². The molecular weight excluding hydrogens is 533 g/mol. The molecule has 222 valence electrons. The molecular formula is C32H40FN7O2. The van der Waals surface area contributed by atoms with Crippen molar-refractivity contribution in [2.24, 2.45) is 0 Å². The third-order valence-electron chi connectivity index (χ3n) is 7.53. The molecule has 0 saturated carbocycles. The molecule has 0 bridgehead atoms. The average Bonchev–Trinajstić information content (AvgIpc) is 3.56. The summed E-state index contributed by atoms with van der Waals surface area (Å²) in [6, 6.07) is 16.9. The van der Waals surface area contributed by atoms with E-state index in [-0.39, 0.29) is 11.9 Å². The van der Waals surface area contributed by atoms with Gasteiger partial charge in [-0.25, -0.2) is 19.3 Å². The van der Waals surface area contributed by atoms with Crippen molar-refractivity contribution in [3.8, 4) is 28.4 Å². The molecule has 0 saturated heterocycles. The summed E-state index contributed by atoms with van der Waals surface area (Å²) in [4.78, 5) is 19.0. The molecule has 2 aromatic heterocycles. The van der Waals surface area contributed by atoms with Gasteiger partial charge in [-0.05, 0) is 68.5 Å². The highest BCUT2D eigenvalue weighted by Crippen LogP contribution is 2.39. The number of hydrogen-bond donors (Lipinski definition) is 1. The molecule has 3 heterocycles. The van der Waals surface area contributed by atoms with Gasteiger partial charge in [0.25, 0.3) is 0 Å². The summed E-state index contributed by atoms with van der Waals surface area (Å²) in [5.41, 5.74) is 4.58. The number of anilines is 1. The van der Waals surface area contributed by atoms with E-state index in [0.717, 1.165) is 79.8 Å². The molecule has 1 atom stereocenters. The van der Waals surface area contributed by atoms with Gasteiger partial charge in [-0.2, -0.15) is 0 Å². The zero-order valence-corrected chi connectivity index (χ0v) is 24.9. The molecule has 42 heavy (non-hydrogen) atoms. The number of ether oxygens (including phenoxy) is 2. The van der Waals surface area contributed by atoms with E-state index >= 15 is 0 Å². The van der Waals surface area contributed by atoms with Gasteiger partial charge in [0.1, 0.15) is 17.4 Å². The van der Waals surface area contributed by atoms with Crippen molar-refractivity contribution in [3.63, 3.8) is 0 Å². The van der Waals surface area contributed by atoms with Crippen LogP contribution in [0, 0.1) is 5.82 Å². The van der Waals surface area contributed by atoms with E-state index in [4.69, 9.17) is 19.4 Å². The molecule has 1 unspecified atom stereocenters. The number of nitrogens with zero attached hydrogens (tertiary/aromatic N) is 6. The average molecular weight is 574 g/mol. The predicted molar refractivity (Wildman–Crippen MR) is 163 cm³/mol. The number of imidazole rings is 1. The van der Waals surface area contributed by atoms with Crippen LogP contribution >= 0.6 is 0 Å². The van der Waals surface area contributed by atoms with Crippen molar-refractivity contribution >= 4 is 5.95 Å². The number of rotatable bonds is 14. The van der Waals surface area contributed by atoms with E-state index in [1.807, 2.05) is 32.3 Å². The van der Waals surface area contributed by atoms with Gasteiger partial charge < -0.3 is 24.3 Å². The summed E-state index contributed by atoms with van der Waals surface area (Å²) >= 11 is 0. The van der Waals surface area contributed by atoms with E-state index in [2.05, 4.69) is 36.8 Å². The number of halogens is 1. The first-order chi connectivity index (χ1) is 20.4. The first kappa shape index (κ1) is 29.6. The molecule has 0 radical (unpaired) electrons. The summed E-state index contributed by atoms with van der Waals surface area (Å²) in [5, 5.41) is 3.34. The summed E-state index contributed by atoms with van der Waals surface area (Å²) < 4.78 is 27.1. The molecule has 1 N–H and O–H groups in total. The normalized spacial score (nSPS) is 14.5. The third-order valence-corrected chi connectivity index (χ3v) is 7.53. The standard InChI is InChI=1S/C32H40FN7O2/c1-38(2)17-16-35-32-34-15-14-28(36-32)31-30(24-8-10-25(33)11-9-24)37-29-13-12-26(40(29)31)22-39(18-19-41-3)21-23-6-5-7-27(20-23)42-4/h5-11,14-15,20,26H,12-13,16-19,21-22H2,1-4H3,(H,34,35,36). The Balaban J connectivity index is 1.50. The molecule has 0 fully saturated rings. The Bertz CT molecular complexity index is 1460. The Labute approximate surface area is 247 Å². The van der Waals surface area contributed by atoms with E-state index in [1.54, 1.807) is 32.5 Å². The fourth-order valence-electron chi connectivity index (χ4n) is 5.45. The highest BCUT2D eigenvalue weighted by atomic mass is 19.1. The number of aromatic nitrogens is 4. The Kier molecular flexibility index (Phi) is 9.78. The van der Waals surface area contributed by atoms with E-state index < -0.39 is 0 Å². The zero-order valence-electron chi connectivity index (χ0n) is 24.9. The second-order valence-corrected chi connectivity index (χ2v) is 10.9. The smallest absolute Gasteiger partial charge is 0.223 e. The topological polar surface area (TPSA) is 80.6 Å². The molecule has 4 aromatic rings. The van der Waals surface area contributed by atoms with Gasteiger partial charge in [0.05, 0.1) is 30.8 Å². The van der Waals surface area contributed by atoms with Crippen LogP contribution in [0.4, 0.5) is 10.3 Å². The molecule has 1 aliphatic rings. The van der Waals surface area contributed by atoms with Gasteiger partial charge in [-0.15, -0.1) is 0 Å². The van der Waals surface area contributed by atoms with Crippen LogP contribution in [0.25, 0.3) is 22.6 Å². The lowest BCUT2D eigenvalue weighted by atomic mass is 10.1. The van der Waals surface area contributed by atoms with Crippen LogP contribution in [0.2, 0.25) is 0 Å². The first-order valence-electron chi connectivity index (χ1n) is 14.4. The van der Waals surface area contributed by atoms with Crippen molar-refractivity contribution in [1.29, 1.82) is 0 Å². The molecule has 0 aliphatic carbocycles. The minimum absolute atomic E-state index is 0.180. The maximum atomic E-state index is 13.9. The summed E-state index contributed by atoms with van der Waals surface area (Å²) in [7, 11) is 7.50. The van der Waals surface area contributed by atoms with Gasteiger partial charge in [-0.3, -0.25) is 4.90 Å². The SMILES string of the molecule is COCCN(Cc1cccc(OC)c1)CC1CCc2nc(-c3ccc(F)cc3)c(-c3ccnc(NCCN(C)C)n3)n21. The molecule has 0 spiro atoms. The lowest BCUT2D eigenvalue weighted by Gasteiger charge is -2.27. The van der Waals surface area contributed by atoms with Crippen LogP contribution in [-0.4, -0.2) is 90.4 Å². The van der Waals surface area contributed by atoms with Crippen LogP contribution in [-0.2, 0) is 17.7 Å². The first-order valence-corrected chi connectivity index (χ1v) is 14.4. The summed E-state index contributed by atoms with van der Waals surface area (Å²) in [5.74, 6) is 2.17. The lowest BCUT2D eigenvalue weighted by Crippen LogP contribution is -2.32. The van der Waals surface area contributed by atoms with Crippen LogP contribution in [0.5, 0.6) is 5.75 Å². The molecule has 0 amide bonds. The highest BCUT2D eigenvalue weighted by molar-refractivity contribution is 5.78. The number of aryl methyl sites for hydroxylation is 1. The lowest BCUT2D eigenvalue weighted by molar-refractivity contribution is 0.134. The fourth-order valence-corrected chi connectivity index (χ4v) is 5.45. The minimum atomic E-state index is -0.273. The Morgan fingerprint density at radius 1 is 1.05 bits per heavy atom. The predicted octanol–water partition coefficient (Wildman–Crippen LogP) is 4.76. The monoisotopic (exact) mass is 573 g/mol. The number of methoxy groups -OCH3 is 2. The highest BCUT2D eigenvalue weighted by Gasteiger charge is 2.32. The van der Waals surface area contributed by atoms with Crippen LogP contribution < -0.4 is 10.1 Å². The van der Waals surface area contributed by atoms with Crippen molar-refractivity contribution in [2.45, 2.75) is 25.4 Å². The maximum Gasteiger partial charge on any atom is 0.223 e. The third kappa shape index (κ3) is 7.13. The molecule has 9 nitrogen and oxygen atoms in total. The quantitative estimate of drug-likeness (QED) is 0.231. The number of hydrogen-bond acceptors (Lipinski definition) is 8. The van der Waals surface area contributed by atoms with Crippen LogP contribution in [0.3, 0.4) is 0 Å². The summed E-state index contributed by atoms with van der Waals surface area (Å²) in [6.45, 7) is 4.61. The number of benzene rings is 2. The Morgan fingerprint density at radius 3 is 2.64 bits per heavy atom. The number of nitrogens with one attached hydrogen (secondary N) is 1.